The van der Waals surface area contributed by atoms with Gasteiger partial charge in [0.25, 0.3) is 11.8 Å². The van der Waals surface area contributed by atoms with Gasteiger partial charge in [-0.2, -0.15) is 0 Å². The Kier molecular flexibility index (Phi) is 11.3. The zero-order chi connectivity index (χ0) is 40.5. The summed E-state index contributed by atoms with van der Waals surface area (Å²) in [4.78, 5) is 55.8. The highest BCUT2D eigenvalue weighted by Gasteiger charge is 2.42. The van der Waals surface area contributed by atoms with Gasteiger partial charge < -0.3 is 20.4 Å². The average Bonchev–Trinajstić information content (AvgIpc) is 3.95. The molecule has 2 unspecified atom stereocenters. The van der Waals surface area contributed by atoms with Crippen molar-refractivity contribution in [2.75, 3.05) is 0 Å². The summed E-state index contributed by atoms with van der Waals surface area (Å²) in [6, 6.07) is 36.4. The number of nitrogens with one attached hydrogen (secondary N) is 2. The van der Waals surface area contributed by atoms with Crippen molar-refractivity contribution in [1.29, 1.82) is 0 Å². The summed E-state index contributed by atoms with van der Waals surface area (Å²) >= 11 is 7.05. The van der Waals surface area contributed by atoms with E-state index < -0.39 is 11.9 Å². The number of esters is 2. The second-order valence-electron chi connectivity index (χ2n) is 14.7. The third-order valence-electron chi connectivity index (χ3n) is 11.0. The van der Waals surface area contributed by atoms with E-state index in [-0.39, 0.29) is 23.9 Å². The molecule has 0 radical (unpaired) electrons. The number of carbonyl (C=O) groups is 4. The van der Waals surface area contributed by atoms with E-state index in [9.17, 15) is 19.2 Å². The van der Waals surface area contributed by atoms with Crippen LogP contribution in [0.2, 0.25) is 0 Å². The number of nitrogens with two attached hydrogens (primary N) is 1. The number of hydrogen-bond acceptors (Lipinski definition) is 6. The van der Waals surface area contributed by atoms with Crippen LogP contribution in [0.1, 0.15) is 107 Å². The quantitative estimate of drug-likeness (QED) is 0.0852. The van der Waals surface area contributed by atoms with E-state index in [0.717, 1.165) is 52.3 Å². The van der Waals surface area contributed by atoms with Crippen LogP contribution in [0, 0.1) is 6.92 Å². The maximum absolute atomic E-state index is 12.9. The van der Waals surface area contributed by atoms with Gasteiger partial charge in [0.2, 0.25) is 0 Å². The lowest BCUT2D eigenvalue weighted by Gasteiger charge is -2.29. The summed E-state index contributed by atoms with van der Waals surface area (Å²) in [6.45, 7) is 2.08. The van der Waals surface area contributed by atoms with Crippen molar-refractivity contribution in [3.05, 3.63) is 175 Å². The third-order valence-corrected chi connectivity index (χ3v) is 12.0. The second-order valence-corrected chi connectivity index (χ2v) is 16.6. The van der Waals surface area contributed by atoms with Crippen molar-refractivity contribution >= 4 is 77.4 Å². The molecule has 2 aliphatic heterocycles. The summed E-state index contributed by atoms with van der Waals surface area (Å²) < 4.78 is 6.52. The number of aromatic amines is 2. The number of carbonyl (C=O) groups excluding carboxylic acids is 4. The molecule has 292 valence electrons. The molecule has 5 aromatic carbocycles. The molecule has 4 N–H and O–H groups in total. The minimum atomic E-state index is -0.550. The molecule has 11 rings (SSSR count). The van der Waals surface area contributed by atoms with E-state index in [1.807, 2.05) is 30.3 Å². The van der Waals surface area contributed by atoms with Gasteiger partial charge in [-0.05, 0) is 117 Å². The number of cyclic esters (lactones) is 2. The molecule has 0 bridgehead atoms. The molecule has 2 aromatic heterocycles. The summed E-state index contributed by atoms with van der Waals surface area (Å²) in [6.07, 6.45) is 6.18. The van der Waals surface area contributed by atoms with Crippen molar-refractivity contribution in [2.45, 2.75) is 57.5 Å². The number of nitrogens with zero attached hydrogens (tertiary/aromatic N) is 1. The Bertz CT molecular complexity index is 2650. The first-order chi connectivity index (χ1) is 28.1. The molecular formula is C47H40Br2N4O5. The van der Waals surface area contributed by atoms with Gasteiger partial charge >= 0.3 is 11.9 Å². The monoisotopic (exact) mass is 898 g/mol. The molecule has 0 saturated heterocycles. The predicted molar refractivity (Wildman–Crippen MR) is 232 cm³/mol. The molecule has 0 spiro atoms. The van der Waals surface area contributed by atoms with Crippen LogP contribution in [0.4, 0.5) is 0 Å². The zero-order valence-corrected chi connectivity index (χ0v) is 34.9. The molecule has 11 heteroatoms. The maximum Gasteiger partial charge on any atom is 0.346 e. The third kappa shape index (κ3) is 7.69. The van der Waals surface area contributed by atoms with Crippen molar-refractivity contribution in [3.63, 3.8) is 0 Å². The van der Waals surface area contributed by atoms with Crippen LogP contribution in [0.3, 0.4) is 0 Å². The highest BCUT2D eigenvalue weighted by atomic mass is 79.9. The van der Waals surface area contributed by atoms with Gasteiger partial charge in [0.05, 0.1) is 28.3 Å². The Balaban J connectivity index is 0.000000120. The van der Waals surface area contributed by atoms with Crippen LogP contribution in [-0.4, -0.2) is 38.6 Å². The van der Waals surface area contributed by atoms with Crippen molar-refractivity contribution in [1.82, 2.24) is 14.9 Å². The Hall–Kier alpha value is -5.62. The van der Waals surface area contributed by atoms with Crippen LogP contribution in [0.5, 0.6) is 0 Å². The molecule has 0 fully saturated rings. The highest BCUT2D eigenvalue weighted by molar-refractivity contribution is 9.10. The number of ether oxygens (including phenoxy) is 1. The summed E-state index contributed by atoms with van der Waals surface area (Å²) in [5, 5.41) is 2.50. The molecular weight excluding hydrogens is 860 g/mol. The number of hydrogen-bond donors (Lipinski definition) is 3. The first-order valence-corrected chi connectivity index (χ1v) is 20.9. The number of rotatable bonds is 1. The lowest BCUT2D eigenvalue weighted by molar-refractivity contribution is 0.0441. The largest absolute Gasteiger partial charge is 0.386 e. The standard InChI is InChI=1S/C20H15BrN2O2.C12H13BrN2.C8H4O3.C7H8/c21-11-8-9-16-15(10-11)12-6-3-7-17(18(12)22-16)23-19(24)13-4-1-2-5-14(13)20(23)25;13-7-4-5-11-9(6-7)8-2-1-3-10(14)12(8)15-11;9-7-5-3-1-2-4-6(5)8(10)11-7;1-7-5-3-2-4-6-7/h1-2,4-5,8-10,17,22H,3,6-7H2;4-6,10,15H,1-3,14H2;1-4H;2-6H,1H3. The maximum atomic E-state index is 12.9. The normalized spacial score (nSPS) is 17.5. The number of fused-ring (bicyclic) bond motifs is 8. The summed E-state index contributed by atoms with van der Waals surface area (Å²) in [7, 11) is 0. The van der Waals surface area contributed by atoms with Crippen LogP contribution in [0.15, 0.2) is 124 Å². The fraction of sp³-hybridized carbons (Fsp3) is 0.191. The predicted octanol–water partition coefficient (Wildman–Crippen LogP) is 10.9. The minimum Gasteiger partial charge on any atom is -0.386 e. The fourth-order valence-corrected chi connectivity index (χ4v) is 8.92. The Labute approximate surface area is 352 Å². The number of aromatic nitrogens is 2. The van der Waals surface area contributed by atoms with Gasteiger partial charge in [-0.3, -0.25) is 14.5 Å². The van der Waals surface area contributed by atoms with Gasteiger partial charge in [-0.25, -0.2) is 9.59 Å². The number of amides is 2. The number of benzene rings is 5. The van der Waals surface area contributed by atoms with Crippen LogP contribution < -0.4 is 5.73 Å². The number of aryl methyl sites for hydroxylation is 3. The molecule has 9 nitrogen and oxygen atoms in total. The van der Waals surface area contributed by atoms with Crippen LogP contribution in [0.25, 0.3) is 21.8 Å². The van der Waals surface area contributed by atoms with Crippen LogP contribution >= 0.6 is 31.9 Å². The average molecular weight is 901 g/mol. The van der Waals surface area contributed by atoms with E-state index in [4.69, 9.17) is 5.73 Å². The van der Waals surface area contributed by atoms with Gasteiger partial charge in [0.15, 0.2) is 0 Å². The molecule has 2 atom stereocenters. The second kappa shape index (κ2) is 16.7. The van der Waals surface area contributed by atoms with Gasteiger partial charge in [-0.1, -0.05) is 92.0 Å². The topological polar surface area (TPSA) is 138 Å². The molecule has 2 amide bonds. The van der Waals surface area contributed by atoms with Gasteiger partial charge in [0, 0.05) is 48.2 Å². The SMILES string of the molecule is Cc1ccccc1.NC1CCCc2c1[nH]c1ccc(Br)cc21.O=C1OC(=O)c2ccccc21.O=C1c2ccccc2C(=O)N1C1CCCc2c1[nH]c1ccc(Br)cc21. The van der Waals surface area contributed by atoms with Crippen molar-refractivity contribution in [3.8, 4) is 0 Å². The molecule has 4 aliphatic rings. The smallest absolute Gasteiger partial charge is 0.346 e. The zero-order valence-electron chi connectivity index (χ0n) is 31.7. The molecule has 7 aromatic rings. The Morgan fingerprint density at radius 3 is 1.59 bits per heavy atom. The summed E-state index contributed by atoms with van der Waals surface area (Å²) in [5.74, 6) is -1.47. The first-order valence-electron chi connectivity index (χ1n) is 19.3. The lowest BCUT2D eigenvalue weighted by Crippen LogP contribution is -2.36. The number of H-pyrrole nitrogens is 2. The first kappa shape index (κ1) is 39.2. The van der Waals surface area contributed by atoms with Gasteiger partial charge in [-0.15, -0.1) is 0 Å². The summed E-state index contributed by atoms with van der Waals surface area (Å²) in [5.41, 5.74) is 16.3. The van der Waals surface area contributed by atoms with E-state index in [2.05, 4.69) is 89.9 Å². The van der Waals surface area contributed by atoms with E-state index >= 15 is 0 Å². The van der Waals surface area contributed by atoms with Crippen LogP contribution in [-0.2, 0) is 17.6 Å². The molecule has 2 aliphatic carbocycles. The lowest BCUT2D eigenvalue weighted by atomic mass is 9.90. The van der Waals surface area contributed by atoms with E-state index in [0.29, 0.717) is 22.3 Å². The van der Waals surface area contributed by atoms with Crippen molar-refractivity contribution in [2.24, 2.45) is 5.73 Å². The van der Waals surface area contributed by atoms with Gasteiger partial charge in [0.1, 0.15) is 0 Å². The Morgan fingerprint density at radius 1 is 0.603 bits per heavy atom. The number of imide groups is 1. The molecule has 4 heterocycles. The van der Waals surface area contributed by atoms with Crippen molar-refractivity contribution < 1.29 is 23.9 Å². The molecule has 58 heavy (non-hydrogen) atoms. The highest BCUT2D eigenvalue weighted by Crippen LogP contribution is 2.42. The van der Waals surface area contributed by atoms with E-state index in [1.165, 1.54) is 50.0 Å². The minimum absolute atomic E-state index is 0.182. The van der Waals surface area contributed by atoms with E-state index in [1.54, 1.807) is 48.5 Å². The Morgan fingerprint density at radius 2 is 1.07 bits per heavy atom. The molecule has 0 saturated carbocycles. The number of halogens is 2. The fourth-order valence-electron chi connectivity index (χ4n) is 8.20.